The van der Waals surface area contributed by atoms with Gasteiger partial charge in [0.1, 0.15) is 0 Å². The highest BCUT2D eigenvalue weighted by Crippen LogP contribution is 2.18. The number of hydrogen-bond donors (Lipinski definition) is 0. The monoisotopic (exact) mass is 208 g/mol. The fraction of sp³-hybridized carbons (Fsp3) is 0.692. The molecule has 0 atom stereocenters. The molecule has 0 amide bonds. The van der Waals surface area contributed by atoms with E-state index < -0.39 is 0 Å². The molecular formula is C13H24N2. The van der Waals surface area contributed by atoms with Crippen molar-refractivity contribution in [2.45, 2.75) is 40.2 Å². The van der Waals surface area contributed by atoms with Gasteiger partial charge in [-0.15, -0.1) is 0 Å². The van der Waals surface area contributed by atoms with Crippen LogP contribution < -0.4 is 0 Å². The van der Waals surface area contributed by atoms with Crippen LogP contribution in [-0.2, 0) is 20.0 Å². The molecule has 0 bridgehead atoms. The van der Waals surface area contributed by atoms with Gasteiger partial charge in [-0.1, -0.05) is 27.2 Å². The Morgan fingerprint density at radius 3 is 2.53 bits per heavy atom. The normalized spacial score (nSPS) is 15.5. The maximum absolute atomic E-state index is 2.49. The Morgan fingerprint density at radius 2 is 1.93 bits per heavy atom. The number of hydrogen-bond acceptors (Lipinski definition) is 1. The molecule has 2 nitrogen and oxygen atoms in total. The van der Waals surface area contributed by atoms with E-state index in [1.165, 1.54) is 37.2 Å². The zero-order valence-electron chi connectivity index (χ0n) is 10.6. The lowest BCUT2D eigenvalue weighted by atomic mass is 10.1. The third-order valence-corrected chi connectivity index (χ3v) is 2.80. The van der Waals surface area contributed by atoms with Crippen LogP contribution in [0.1, 0.15) is 38.4 Å². The van der Waals surface area contributed by atoms with E-state index in [4.69, 9.17) is 0 Å². The van der Waals surface area contributed by atoms with Gasteiger partial charge >= 0.3 is 0 Å². The van der Waals surface area contributed by atoms with Crippen LogP contribution in [0.5, 0.6) is 0 Å². The summed E-state index contributed by atoms with van der Waals surface area (Å²) in [5, 5.41) is 0. The van der Waals surface area contributed by atoms with Gasteiger partial charge < -0.3 is 4.57 Å². The van der Waals surface area contributed by atoms with Crippen molar-refractivity contribution < 1.29 is 0 Å². The van der Waals surface area contributed by atoms with E-state index in [9.17, 15) is 0 Å². The summed E-state index contributed by atoms with van der Waals surface area (Å²) in [5.74, 6) is 0. The molecule has 0 saturated heterocycles. The minimum Gasteiger partial charge on any atom is -0.354 e. The van der Waals surface area contributed by atoms with E-state index in [1.807, 2.05) is 0 Å². The van der Waals surface area contributed by atoms with Gasteiger partial charge in [-0.3, -0.25) is 4.90 Å². The molecule has 1 aromatic heterocycles. The summed E-state index contributed by atoms with van der Waals surface area (Å²) >= 11 is 0. The van der Waals surface area contributed by atoms with Crippen LogP contribution in [-0.4, -0.2) is 22.6 Å². The molecule has 0 fully saturated rings. The number of nitrogens with zero attached hydrogens (tertiary/aromatic N) is 2. The van der Waals surface area contributed by atoms with Crippen molar-refractivity contribution in [1.29, 1.82) is 0 Å². The molecule has 1 aliphatic rings. The maximum atomic E-state index is 2.49. The van der Waals surface area contributed by atoms with Crippen LogP contribution in [0.2, 0.25) is 0 Å². The van der Waals surface area contributed by atoms with Crippen LogP contribution in [0.15, 0.2) is 12.3 Å². The minimum atomic E-state index is 1.15. The highest BCUT2D eigenvalue weighted by atomic mass is 15.1. The molecule has 2 heteroatoms. The van der Waals surface area contributed by atoms with Gasteiger partial charge in [0, 0.05) is 38.4 Å². The highest BCUT2D eigenvalue weighted by Gasteiger charge is 2.16. The zero-order valence-corrected chi connectivity index (χ0v) is 10.6. The standard InChI is InChI=1S/C10H16N2.C3H8/c1-3-12-7-5-10-9(8-12)4-6-11(10)2;1-3-2/h4,6H,3,5,7-8H2,1-2H3;3H2,1-2H3. The van der Waals surface area contributed by atoms with Crippen LogP contribution in [0.3, 0.4) is 0 Å². The number of likely N-dealkylation sites (N-methyl/N-ethyl adjacent to an activating group) is 1. The van der Waals surface area contributed by atoms with Crippen molar-refractivity contribution >= 4 is 0 Å². The first kappa shape index (κ1) is 12.3. The first-order chi connectivity index (χ1) is 7.22. The molecule has 0 spiro atoms. The Kier molecular flexibility index (Phi) is 4.89. The molecule has 2 rings (SSSR count). The molecule has 86 valence electrons. The van der Waals surface area contributed by atoms with E-state index in [-0.39, 0.29) is 0 Å². The predicted molar refractivity (Wildman–Crippen MR) is 66.0 cm³/mol. The van der Waals surface area contributed by atoms with Crippen LogP contribution in [0.4, 0.5) is 0 Å². The summed E-state index contributed by atoms with van der Waals surface area (Å²) in [6, 6.07) is 2.25. The maximum Gasteiger partial charge on any atom is 0.0251 e. The number of aromatic nitrogens is 1. The third-order valence-electron chi connectivity index (χ3n) is 2.80. The first-order valence-electron chi connectivity index (χ1n) is 6.08. The van der Waals surface area contributed by atoms with Crippen LogP contribution in [0, 0.1) is 0 Å². The van der Waals surface area contributed by atoms with Crippen molar-refractivity contribution in [2.75, 3.05) is 13.1 Å². The molecule has 0 aliphatic carbocycles. The van der Waals surface area contributed by atoms with Crippen molar-refractivity contribution in [2.24, 2.45) is 7.05 Å². The summed E-state index contributed by atoms with van der Waals surface area (Å²) in [5.41, 5.74) is 3.05. The average Bonchev–Trinajstić information content (AvgIpc) is 2.61. The Hall–Kier alpha value is -0.760. The molecular weight excluding hydrogens is 184 g/mol. The summed E-state index contributed by atoms with van der Waals surface area (Å²) in [7, 11) is 2.14. The first-order valence-corrected chi connectivity index (χ1v) is 6.08. The Morgan fingerprint density at radius 1 is 1.27 bits per heavy atom. The fourth-order valence-electron chi connectivity index (χ4n) is 1.95. The zero-order chi connectivity index (χ0) is 11.3. The van der Waals surface area contributed by atoms with Crippen LogP contribution >= 0.6 is 0 Å². The van der Waals surface area contributed by atoms with Crippen molar-refractivity contribution in [3.05, 3.63) is 23.5 Å². The van der Waals surface area contributed by atoms with Gasteiger partial charge in [-0.25, -0.2) is 0 Å². The van der Waals surface area contributed by atoms with E-state index in [0.717, 1.165) is 6.54 Å². The smallest absolute Gasteiger partial charge is 0.0251 e. The van der Waals surface area contributed by atoms with Gasteiger partial charge in [0.25, 0.3) is 0 Å². The molecule has 0 saturated carbocycles. The second-order valence-corrected chi connectivity index (χ2v) is 4.22. The molecule has 15 heavy (non-hydrogen) atoms. The Balaban J connectivity index is 0.000000337. The molecule has 1 aromatic rings. The van der Waals surface area contributed by atoms with Gasteiger partial charge in [-0.05, 0) is 18.2 Å². The molecule has 0 radical (unpaired) electrons. The van der Waals surface area contributed by atoms with Crippen LogP contribution in [0.25, 0.3) is 0 Å². The topological polar surface area (TPSA) is 8.17 Å². The van der Waals surface area contributed by atoms with Gasteiger partial charge in [0.15, 0.2) is 0 Å². The minimum absolute atomic E-state index is 1.15. The second kappa shape index (κ2) is 5.96. The summed E-state index contributed by atoms with van der Waals surface area (Å²) in [6.45, 7) is 10.0. The Labute approximate surface area is 93.9 Å². The fourth-order valence-corrected chi connectivity index (χ4v) is 1.95. The summed E-state index contributed by atoms with van der Waals surface area (Å²) in [4.78, 5) is 2.49. The van der Waals surface area contributed by atoms with Gasteiger partial charge in [0.2, 0.25) is 0 Å². The molecule has 2 heterocycles. The molecule has 1 aliphatic heterocycles. The lowest BCUT2D eigenvalue weighted by Crippen LogP contribution is -2.30. The predicted octanol–water partition coefficient (Wildman–Crippen LogP) is 2.82. The molecule has 0 unspecified atom stereocenters. The largest absolute Gasteiger partial charge is 0.354 e. The average molecular weight is 208 g/mol. The molecule has 0 N–H and O–H groups in total. The van der Waals surface area contributed by atoms with Crippen molar-refractivity contribution in [3.8, 4) is 0 Å². The van der Waals surface area contributed by atoms with E-state index >= 15 is 0 Å². The molecule has 0 aromatic carbocycles. The van der Waals surface area contributed by atoms with E-state index in [1.54, 1.807) is 0 Å². The summed E-state index contributed by atoms with van der Waals surface area (Å²) < 4.78 is 2.25. The second-order valence-electron chi connectivity index (χ2n) is 4.22. The Bertz CT molecular complexity index is 289. The SMILES string of the molecule is CCC.CCN1CCc2c(ccn2C)C1. The number of fused-ring (bicyclic) bond motifs is 1. The van der Waals surface area contributed by atoms with E-state index in [2.05, 4.69) is 49.5 Å². The third kappa shape index (κ3) is 3.10. The van der Waals surface area contributed by atoms with Crippen molar-refractivity contribution in [3.63, 3.8) is 0 Å². The number of rotatable bonds is 1. The lowest BCUT2D eigenvalue weighted by molar-refractivity contribution is 0.265. The lowest BCUT2D eigenvalue weighted by Gasteiger charge is -2.26. The van der Waals surface area contributed by atoms with E-state index in [0.29, 0.717) is 0 Å². The van der Waals surface area contributed by atoms with Gasteiger partial charge in [-0.2, -0.15) is 0 Å². The summed E-state index contributed by atoms with van der Waals surface area (Å²) in [6.07, 6.45) is 4.64. The number of aryl methyl sites for hydroxylation is 1. The van der Waals surface area contributed by atoms with Gasteiger partial charge in [0.05, 0.1) is 0 Å². The quantitative estimate of drug-likeness (QED) is 0.689. The van der Waals surface area contributed by atoms with Crippen molar-refractivity contribution in [1.82, 2.24) is 9.47 Å². The highest BCUT2D eigenvalue weighted by molar-refractivity contribution is 5.24.